The smallest absolute Gasteiger partial charge is 0.315 e. The van der Waals surface area contributed by atoms with E-state index >= 15 is 0 Å². The van der Waals surface area contributed by atoms with Gasteiger partial charge in [-0.05, 0) is 30.2 Å². The Morgan fingerprint density at radius 1 is 1.00 bits per heavy atom. The van der Waals surface area contributed by atoms with E-state index in [1.54, 1.807) is 12.1 Å². The third-order valence-corrected chi connectivity index (χ3v) is 3.70. The van der Waals surface area contributed by atoms with Gasteiger partial charge in [-0.1, -0.05) is 54.1 Å². The molecular formula is C18H20ClN3O2. The zero-order chi connectivity index (χ0) is 17.4. The molecule has 1 atom stereocenters. The van der Waals surface area contributed by atoms with Crippen LogP contribution in [0.1, 0.15) is 24.1 Å². The van der Waals surface area contributed by atoms with E-state index in [2.05, 4.69) is 16.0 Å². The van der Waals surface area contributed by atoms with Crippen LogP contribution in [0.2, 0.25) is 5.02 Å². The van der Waals surface area contributed by atoms with Crippen molar-refractivity contribution in [3.63, 3.8) is 0 Å². The number of amides is 3. The van der Waals surface area contributed by atoms with Gasteiger partial charge in [0.05, 0.1) is 12.6 Å². The summed E-state index contributed by atoms with van der Waals surface area (Å²) in [6.07, 6.45) is 0. The molecule has 0 aliphatic heterocycles. The maximum Gasteiger partial charge on any atom is 0.315 e. The number of carbonyl (C=O) groups excluding carboxylic acids is 2. The van der Waals surface area contributed by atoms with E-state index in [0.717, 1.165) is 11.1 Å². The van der Waals surface area contributed by atoms with Gasteiger partial charge in [-0.2, -0.15) is 0 Å². The molecule has 0 aromatic heterocycles. The van der Waals surface area contributed by atoms with Gasteiger partial charge in [-0.15, -0.1) is 0 Å². The molecule has 2 rings (SSSR count). The van der Waals surface area contributed by atoms with Crippen molar-refractivity contribution >= 4 is 23.5 Å². The highest BCUT2D eigenvalue weighted by Gasteiger charge is 2.10. The van der Waals surface area contributed by atoms with Gasteiger partial charge in [-0.25, -0.2) is 4.79 Å². The quantitative estimate of drug-likeness (QED) is 0.753. The van der Waals surface area contributed by atoms with Crippen LogP contribution in [0, 0.1) is 0 Å². The number of urea groups is 1. The number of hydrogen-bond acceptors (Lipinski definition) is 2. The fraction of sp³-hybridized carbons (Fsp3) is 0.222. The normalized spacial score (nSPS) is 11.4. The van der Waals surface area contributed by atoms with Crippen LogP contribution in [-0.4, -0.2) is 18.5 Å². The molecule has 6 heteroatoms. The second kappa shape index (κ2) is 8.93. The Balaban J connectivity index is 1.70. The lowest BCUT2D eigenvalue weighted by molar-refractivity contribution is -0.120. The predicted octanol–water partition coefficient (Wildman–Crippen LogP) is 3.02. The van der Waals surface area contributed by atoms with E-state index in [0.29, 0.717) is 11.6 Å². The second-order valence-corrected chi connectivity index (χ2v) is 5.80. The lowest BCUT2D eigenvalue weighted by atomic mass is 10.1. The number of halogens is 1. The summed E-state index contributed by atoms with van der Waals surface area (Å²) in [4.78, 5) is 23.6. The van der Waals surface area contributed by atoms with Crippen LogP contribution in [0.3, 0.4) is 0 Å². The van der Waals surface area contributed by atoms with Crippen molar-refractivity contribution in [2.45, 2.75) is 19.5 Å². The topological polar surface area (TPSA) is 70.2 Å². The van der Waals surface area contributed by atoms with Crippen molar-refractivity contribution in [1.82, 2.24) is 16.0 Å². The van der Waals surface area contributed by atoms with Gasteiger partial charge in [0, 0.05) is 11.6 Å². The van der Waals surface area contributed by atoms with Gasteiger partial charge < -0.3 is 16.0 Å². The zero-order valence-electron chi connectivity index (χ0n) is 13.4. The van der Waals surface area contributed by atoms with E-state index in [1.165, 1.54) is 0 Å². The molecule has 24 heavy (non-hydrogen) atoms. The first kappa shape index (κ1) is 17.8. The zero-order valence-corrected chi connectivity index (χ0v) is 14.1. The van der Waals surface area contributed by atoms with Crippen molar-refractivity contribution in [3.8, 4) is 0 Å². The van der Waals surface area contributed by atoms with E-state index in [1.807, 2.05) is 49.4 Å². The molecule has 0 radical (unpaired) electrons. The first-order valence-electron chi connectivity index (χ1n) is 7.65. The molecule has 0 spiro atoms. The summed E-state index contributed by atoms with van der Waals surface area (Å²) >= 11 is 5.84. The number of hydrogen-bond donors (Lipinski definition) is 3. The van der Waals surface area contributed by atoms with Crippen molar-refractivity contribution in [1.29, 1.82) is 0 Å². The standard InChI is InChI=1S/C18H20ClN3O2/c1-13(15-7-9-16(19)10-8-15)22-17(23)12-21-18(24)20-11-14-5-3-2-4-6-14/h2-10,13H,11-12H2,1H3,(H,22,23)(H2,20,21,24). The van der Waals surface area contributed by atoms with Crippen LogP contribution >= 0.6 is 11.6 Å². The van der Waals surface area contributed by atoms with Crippen LogP contribution in [0.25, 0.3) is 0 Å². The average molecular weight is 346 g/mol. The largest absolute Gasteiger partial charge is 0.348 e. The molecule has 0 aliphatic rings. The molecule has 0 saturated heterocycles. The molecule has 1 unspecified atom stereocenters. The van der Waals surface area contributed by atoms with Gasteiger partial charge in [0.15, 0.2) is 0 Å². The van der Waals surface area contributed by atoms with Gasteiger partial charge in [0.25, 0.3) is 0 Å². The van der Waals surface area contributed by atoms with Gasteiger partial charge >= 0.3 is 6.03 Å². The summed E-state index contributed by atoms with van der Waals surface area (Å²) in [5.74, 6) is -0.257. The number of rotatable bonds is 6. The molecular weight excluding hydrogens is 326 g/mol. The summed E-state index contributed by atoms with van der Waals surface area (Å²) in [6, 6.07) is 16.3. The fourth-order valence-corrected chi connectivity index (χ4v) is 2.25. The Hall–Kier alpha value is -2.53. The van der Waals surface area contributed by atoms with E-state index < -0.39 is 0 Å². The summed E-state index contributed by atoms with van der Waals surface area (Å²) in [5, 5.41) is 8.70. The Labute approximate surface area is 146 Å². The molecule has 3 amide bonds. The van der Waals surface area contributed by atoms with Crippen molar-refractivity contribution in [2.24, 2.45) is 0 Å². The number of nitrogens with one attached hydrogen (secondary N) is 3. The van der Waals surface area contributed by atoms with Crippen LogP contribution < -0.4 is 16.0 Å². The van der Waals surface area contributed by atoms with E-state index in [4.69, 9.17) is 11.6 Å². The number of carbonyl (C=O) groups is 2. The molecule has 0 heterocycles. The molecule has 0 aliphatic carbocycles. The first-order chi connectivity index (χ1) is 11.5. The van der Waals surface area contributed by atoms with Crippen molar-refractivity contribution in [3.05, 3.63) is 70.7 Å². The Morgan fingerprint density at radius 2 is 1.67 bits per heavy atom. The molecule has 5 nitrogen and oxygen atoms in total. The lowest BCUT2D eigenvalue weighted by Crippen LogP contribution is -2.42. The highest BCUT2D eigenvalue weighted by Crippen LogP contribution is 2.15. The highest BCUT2D eigenvalue weighted by atomic mass is 35.5. The molecule has 0 fully saturated rings. The van der Waals surface area contributed by atoms with E-state index in [-0.39, 0.29) is 24.5 Å². The third-order valence-electron chi connectivity index (χ3n) is 3.45. The molecule has 2 aromatic carbocycles. The first-order valence-corrected chi connectivity index (χ1v) is 8.03. The molecule has 0 saturated carbocycles. The Kier molecular flexibility index (Phi) is 6.63. The van der Waals surface area contributed by atoms with Crippen molar-refractivity contribution < 1.29 is 9.59 Å². The maximum absolute atomic E-state index is 11.9. The SMILES string of the molecule is CC(NC(=O)CNC(=O)NCc1ccccc1)c1ccc(Cl)cc1. The fourth-order valence-electron chi connectivity index (χ4n) is 2.13. The predicted molar refractivity (Wildman–Crippen MR) is 94.7 cm³/mol. The summed E-state index contributed by atoms with van der Waals surface area (Å²) in [5.41, 5.74) is 1.94. The summed E-state index contributed by atoms with van der Waals surface area (Å²) in [6.45, 7) is 2.20. The second-order valence-electron chi connectivity index (χ2n) is 5.36. The molecule has 3 N–H and O–H groups in total. The monoisotopic (exact) mass is 345 g/mol. The third kappa shape index (κ3) is 5.93. The minimum atomic E-state index is -0.381. The number of benzene rings is 2. The van der Waals surface area contributed by atoms with Crippen LogP contribution in [0.4, 0.5) is 4.79 Å². The van der Waals surface area contributed by atoms with Crippen LogP contribution in [-0.2, 0) is 11.3 Å². The van der Waals surface area contributed by atoms with Gasteiger partial charge in [0.1, 0.15) is 0 Å². The lowest BCUT2D eigenvalue weighted by Gasteiger charge is -2.15. The Morgan fingerprint density at radius 3 is 2.33 bits per heavy atom. The highest BCUT2D eigenvalue weighted by molar-refractivity contribution is 6.30. The maximum atomic E-state index is 11.9. The van der Waals surface area contributed by atoms with Crippen LogP contribution in [0.5, 0.6) is 0 Å². The average Bonchev–Trinajstić information content (AvgIpc) is 2.59. The molecule has 2 aromatic rings. The van der Waals surface area contributed by atoms with Gasteiger partial charge in [-0.3, -0.25) is 4.79 Å². The van der Waals surface area contributed by atoms with Crippen molar-refractivity contribution in [2.75, 3.05) is 6.54 Å². The van der Waals surface area contributed by atoms with Gasteiger partial charge in [0.2, 0.25) is 5.91 Å². The van der Waals surface area contributed by atoms with Crippen LogP contribution in [0.15, 0.2) is 54.6 Å². The molecule has 126 valence electrons. The minimum Gasteiger partial charge on any atom is -0.348 e. The Bertz CT molecular complexity index is 674. The summed E-state index contributed by atoms with van der Waals surface area (Å²) in [7, 11) is 0. The molecule has 0 bridgehead atoms. The summed E-state index contributed by atoms with van der Waals surface area (Å²) < 4.78 is 0. The van der Waals surface area contributed by atoms with E-state index in [9.17, 15) is 9.59 Å². The minimum absolute atomic E-state index is 0.0848.